The van der Waals surface area contributed by atoms with Gasteiger partial charge in [-0.2, -0.15) is 0 Å². The quantitative estimate of drug-likeness (QED) is 0.675. The summed E-state index contributed by atoms with van der Waals surface area (Å²) in [5.41, 5.74) is 4.49. The summed E-state index contributed by atoms with van der Waals surface area (Å²) in [5.74, 6) is 0.619. The fraction of sp³-hybridized carbons (Fsp3) is 0.474. The topological polar surface area (TPSA) is 9.23 Å². The highest BCUT2D eigenvalue weighted by molar-refractivity contribution is 5.57. The zero-order valence-corrected chi connectivity index (χ0v) is 12.2. The SMILES string of the molecule is C=C1CC[C@]23CC[C@@H]1[C@]2(C)/C(=C/c1ccccc1)CO3. The molecular formula is C19H22O. The van der Waals surface area contributed by atoms with E-state index in [1.165, 1.54) is 29.6 Å². The zero-order chi connectivity index (χ0) is 13.8. The Bertz CT molecular complexity index is 585. The predicted octanol–water partition coefficient (Wildman–Crippen LogP) is 4.61. The molecule has 0 amide bonds. The number of ether oxygens (including phenoxy) is 1. The summed E-state index contributed by atoms with van der Waals surface area (Å²) >= 11 is 0. The van der Waals surface area contributed by atoms with Crippen LogP contribution >= 0.6 is 0 Å². The van der Waals surface area contributed by atoms with Crippen molar-refractivity contribution >= 4 is 6.08 Å². The van der Waals surface area contributed by atoms with Gasteiger partial charge in [0.05, 0.1) is 12.2 Å². The van der Waals surface area contributed by atoms with Gasteiger partial charge < -0.3 is 4.74 Å². The first-order valence-electron chi connectivity index (χ1n) is 7.73. The minimum atomic E-state index is 0.0967. The van der Waals surface area contributed by atoms with Crippen LogP contribution < -0.4 is 0 Å². The van der Waals surface area contributed by atoms with Crippen LogP contribution in [0.2, 0.25) is 0 Å². The lowest BCUT2D eigenvalue weighted by Gasteiger charge is -2.45. The van der Waals surface area contributed by atoms with Crippen LogP contribution in [-0.4, -0.2) is 12.2 Å². The maximum absolute atomic E-state index is 6.36. The molecule has 3 atom stereocenters. The lowest BCUT2D eigenvalue weighted by Crippen LogP contribution is -2.45. The second-order valence-corrected chi connectivity index (χ2v) is 6.82. The van der Waals surface area contributed by atoms with E-state index in [0.29, 0.717) is 5.92 Å². The molecule has 0 unspecified atom stereocenters. The second kappa shape index (κ2) is 4.08. The van der Waals surface area contributed by atoms with E-state index in [2.05, 4.69) is 49.9 Å². The monoisotopic (exact) mass is 266 g/mol. The molecule has 3 aliphatic rings. The zero-order valence-electron chi connectivity index (χ0n) is 12.2. The van der Waals surface area contributed by atoms with Gasteiger partial charge in [-0.3, -0.25) is 0 Å². The molecule has 104 valence electrons. The van der Waals surface area contributed by atoms with E-state index in [1.54, 1.807) is 0 Å². The molecule has 0 radical (unpaired) electrons. The molecule has 2 aliphatic carbocycles. The van der Waals surface area contributed by atoms with Crippen LogP contribution in [-0.2, 0) is 4.74 Å². The Labute approximate surface area is 121 Å². The molecule has 1 heterocycles. The smallest absolute Gasteiger partial charge is 0.0787 e. The van der Waals surface area contributed by atoms with Gasteiger partial charge in [-0.15, -0.1) is 0 Å². The molecule has 1 saturated heterocycles. The normalized spacial score (nSPS) is 41.1. The molecule has 0 N–H and O–H groups in total. The molecule has 2 saturated carbocycles. The number of allylic oxidation sites excluding steroid dienone is 1. The maximum atomic E-state index is 6.36. The molecule has 0 aromatic heterocycles. The van der Waals surface area contributed by atoms with Gasteiger partial charge in [-0.25, -0.2) is 0 Å². The van der Waals surface area contributed by atoms with Crippen LogP contribution in [0.25, 0.3) is 6.08 Å². The van der Waals surface area contributed by atoms with E-state index in [0.717, 1.165) is 19.4 Å². The molecule has 1 aromatic rings. The molecule has 1 heteroatoms. The minimum Gasteiger partial charge on any atom is -0.370 e. The molecule has 3 fully saturated rings. The molecular weight excluding hydrogens is 244 g/mol. The van der Waals surface area contributed by atoms with Crippen molar-refractivity contribution in [1.82, 2.24) is 0 Å². The van der Waals surface area contributed by atoms with Gasteiger partial charge in [0.1, 0.15) is 0 Å². The van der Waals surface area contributed by atoms with Crippen molar-refractivity contribution in [2.75, 3.05) is 6.61 Å². The van der Waals surface area contributed by atoms with Crippen molar-refractivity contribution in [2.24, 2.45) is 11.3 Å². The lowest BCUT2D eigenvalue weighted by molar-refractivity contribution is -0.0584. The van der Waals surface area contributed by atoms with Crippen molar-refractivity contribution < 1.29 is 4.74 Å². The lowest BCUT2D eigenvalue weighted by atomic mass is 9.60. The summed E-state index contributed by atoms with van der Waals surface area (Å²) in [5, 5.41) is 0. The van der Waals surface area contributed by atoms with Crippen molar-refractivity contribution in [2.45, 2.75) is 38.2 Å². The highest BCUT2D eigenvalue weighted by Gasteiger charge is 2.65. The summed E-state index contributed by atoms with van der Waals surface area (Å²) in [4.78, 5) is 0. The average molecular weight is 266 g/mol. The minimum absolute atomic E-state index is 0.0967. The van der Waals surface area contributed by atoms with Gasteiger partial charge in [0.2, 0.25) is 0 Å². The first-order valence-corrected chi connectivity index (χ1v) is 7.73. The molecule has 2 bridgehead atoms. The number of benzene rings is 1. The van der Waals surface area contributed by atoms with E-state index in [9.17, 15) is 0 Å². The predicted molar refractivity (Wildman–Crippen MR) is 82.3 cm³/mol. The Morgan fingerprint density at radius 2 is 2.05 bits per heavy atom. The van der Waals surface area contributed by atoms with Crippen LogP contribution in [0.1, 0.15) is 38.2 Å². The number of hydrogen-bond acceptors (Lipinski definition) is 1. The largest absolute Gasteiger partial charge is 0.370 e. The Morgan fingerprint density at radius 1 is 1.25 bits per heavy atom. The molecule has 1 aliphatic heterocycles. The third-order valence-electron chi connectivity index (χ3n) is 6.13. The van der Waals surface area contributed by atoms with Crippen molar-refractivity contribution in [3.05, 3.63) is 53.6 Å². The molecule has 4 rings (SSSR count). The average Bonchev–Trinajstić information content (AvgIpc) is 2.82. The highest BCUT2D eigenvalue weighted by Crippen LogP contribution is 2.67. The standard InChI is InChI=1S/C19H22O/c1-14-8-10-19-11-9-17(14)18(19,2)16(13-20-19)12-15-6-4-3-5-7-15/h3-7,12,17H,1,8-11,13H2,2H3/b16-12+/t17-,18-,19-/m0/s1. The van der Waals surface area contributed by atoms with Crippen LogP contribution in [0, 0.1) is 11.3 Å². The Balaban J connectivity index is 1.81. The Morgan fingerprint density at radius 3 is 2.85 bits per heavy atom. The number of rotatable bonds is 1. The third kappa shape index (κ3) is 1.42. The number of hydrogen-bond donors (Lipinski definition) is 0. The van der Waals surface area contributed by atoms with E-state index in [4.69, 9.17) is 4.74 Å². The first-order chi connectivity index (χ1) is 9.66. The van der Waals surface area contributed by atoms with Crippen molar-refractivity contribution in [1.29, 1.82) is 0 Å². The summed E-state index contributed by atoms with van der Waals surface area (Å²) < 4.78 is 6.36. The van der Waals surface area contributed by atoms with E-state index < -0.39 is 0 Å². The van der Waals surface area contributed by atoms with E-state index >= 15 is 0 Å². The molecule has 1 aromatic carbocycles. The van der Waals surface area contributed by atoms with Crippen LogP contribution in [0.4, 0.5) is 0 Å². The summed E-state index contributed by atoms with van der Waals surface area (Å²) in [6.45, 7) is 7.58. The third-order valence-corrected chi connectivity index (χ3v) is 6.13. The van der Waals surface area contributed by atoms with Crippen LogP contribution in [0.5, 0.6) is 0 Å². The van der Waals surface area contributed by atoms with Gasteiger partial charge in [-0.05, 0) is 42.7 Å². The fourth-order valence-electron chi connectivity index (χ4n) is 4.90. The van der Waals surface area contributed by atoms with Gasteiger partial charge >= 0.3 is 0 Å². The Hall–Kier alpha value is -1.34. The van der Waals surface area contributed by atoms with Crippen LogP contribution in [0.15, 0.2) is 48.1 Å². The van der Waals surface area contributed by atoms with Gasteiger partial charge in [0.15, 0.2) is 0 Å². The van der Waals surface area contributed by atoms with E-state index in [-0.39, 0.29) is 11.0 Å². The Kier molecular flexibility index (Phi) is 2.53. The second-order valence-electron chi connectivity index (χ2n) is 6.82. The summed E-state index contributed by atoms with van der Waals surface area (Å²) in [7, 11) is 0. The van der Waals surface area contributed by atoms with Gasteiger partial charge in [0, 0.05) is 5.41 Å². The molecule has 1 nitrogen and oxygen atoms in total. The van der Waals surface area contributed by atoms with E-state index in [1.807, 2.05) is 0 Å². The first kappa shape index (κ1) is 12.4. The van der Waals surface area contributed by atoms with Gasteiger partial charge in [-0.1, -0.05) is 55.5 Å². The van der Waals surface area contributed by atoms with Crippen molar-refractivity contribution in [3.63, 3.8) is 0 Å². The molecule has 0 spiro atoms. The molecule has 20 heavy (non-hydrogen) atoms. The van der Waals surface area contributed by atoms with Gasteiger partial charge in [0.25, 0.3) is 0 Å². The van der Waals surface area contributed by atoms with Crippen LogP contribution in [0.3, 0.4) is 0 Å². The maximum Gasteiger partial charge on any atom is 0.0787 e. The fourth-order valence-corrected chi connectivity index (χ4v) is 4.90. The summed E-state index contributed by atoms with van der Waals surface area (Å²) in [6.07, 6.45) is 7.13. The summed E-state index contributed by atoms with van der Waals surface area (Å²) in [6, 6.07) is 10.6. The highest BCUT2D eigenvalue weighted by atomic mass is 16.5. The van der Waals surface area contributed by atoms with Crippen molar-refractivity contribution in [3.8, 4) is 0 Å².